The first-order valence-electron chi connectivity index (χ1n) is 10.4. The highest BCUT2D eigenvalue weighted by atomic mass is 35.5. The Morgan fingerprint density at radius 3 is 2.55 bits per heavy atom. The first-order chi connectivity index (χ1) is 15.9. The summed E-state index contributed by atoms with van der Waals surface area (Å²) < 4.78 is 11.2. The number of hydrogen-bond donors (Lipinski definition) is 3. The van der Waals surface area contributed by atoms with E-state index in [0.29, 0.717) is 48.0 Å². The second kappa shape index (κ2) is 9.86. The number of aliphatic carboxylic acids is 1. The number of hydrogen-bond acceptors (Lipinski definition) is 8. The first-order valence-corrected chi connectivity index (χ1v) is 10.8. The molecule has 2 aromatic heterocycles. The lowest BCUT2D eigenvalue weighted by Crippen LogP contribution is -2.28. The van der Waals surface area contributed by atoms with E-state index in [9.17, 15) is 9.59 Å². The number of ether oxygens (including phenoxy) is 1. The van der Waals surface area contributed by atoms with Crippen LogP contribution in [0.25, 0.3) is 0 Å². The van der Waals surface area contributed by atoms with Crippen LogP contribution in [0.4, 0.5) is 17.4 Å². The van der Waals surface area contributed by atoms with Crippen LogP contribution in [0.3, 0.4) is 0 Å². The molecule has 1 aliphatic carbocycles. The van der Waals surface area contributed by atoms with Crippen LogP contribution in [-0.4, -0.2) is 38.3 Å². The Balaban J connectivity index is 1.30. The van der Waals surface area contributed by atoms with E-state index in [1.807, 2.05) is 13.0 Å². The molecule has 0 atom stereocenters. The molecule has 0 aliphatic heterocycles. The number of carboxylic acids is 1. The Morgan fingerprint density at radius 1 is 1.12 bits per heavy atom. The average Bonchev–Trinajstić information content (AvgIpc) is 3.27. The molecule has 172 valence electrons. The van der Waals surface area contributed by atoms with Gasteiger partial charge in [0.15, 0.2) is 0 Å². The molecule has 0 saturated heterocycles. The molecule has 0 radical (unpaired) electrons. The van der Waals surface area contributed by atoms with Gasteiger partial charge < -0.3 is 24.9 Å². The number of pyridine rings is 1. The predicted molar refractivity (Wildman–Crippen MR) is 120 cm³/mol. The Bertz CT molecular complexity index is 1140. The van der Waals surface area contributed by atoms with Crippen LogP contribution in [0.2, 0.25) is 5.02 Å². The van der Waals surface area contributed by atoms with Crippen LogP contribution in [0.15, 0.2) is 40.9 Å². The fourth-order valence-corrected chi connectivity index (χ4v) is 3.65. The number of carbonyl (C=O) groups excluding carboxylic acids is 1. The van der Waals surface area contributed by atoms with Crippen molar-refractivity contribution in [3.05, 3.63) is 53.0 Å². The van der Waals surface area contributed by atoms with Crippen LogP contribution in [0.5, 0.6) is 5.88 Å². The molecular weight excluding hydrogens is 450 g/mol. The smallest absolute Gasteiger partial charge is 0.320 e. The van der Waals surface area contributed by atoms with Gasteiger partial charge in [0.2, 0.25) is 5.88 Å². The second-order valence-corrected chi connectivity index (χ2v) is 8.18. The van der Waals surface area contributed by atoms with Gasteiger partial charge in [0.1, 0.15) is 6.10 Å². The summed E-state index contributed by atoms with van der Waals surface area (Å²) in [5, 5.41) is 22.8. The minimum atomic E-state index is -0.754. The molecular formula is C22H22ClN5O5. The van der Waals surface area contributed by atoms with E-state index in [1.54, 1.807) is 24.3 Å². The summed E-state index contributed by atoms with van der Waals surface area (Å²) in [4.78, 5) is 27.7. The molecule has 1 saturated carbocycles. The number of amides is 1. The highest BCUT2D eigenvalue weighted by Gasteiger charge is 2.27. The molecule has 1 aromatic carbocycles. The third-order valence-electron chi connectivity index (χ3n) is 5.35. The van der Waals surface area contributed by atoms with Crippen molar-refractivity contribution in [2.75, 3.05) is 10.6 Å². The maximum Gasteiger partial charge on any atom is 0.320 e. The Morgan fingerprint density at radius 2 is 1.88 bits per heavy atom. The quantitative estimate of drug-likeness (QED) is 0.456. The molecule has 3 N–H and O–H groups in total. The Labute approximate surface area is 194 Å². The summed E-state index contributed by atoms with van der Waals surface area (Å²) in [5.74, 6) is -1.44. The van der Waals surface area contributed by atoms with Gasteiger partial charge in [-0.15, -0.1) is 5.10 Å². The standard InChI is InChI=1S/C22H22ClN5O5/c1-12-2-5-14(10-17(12)23)26-22-28-27-20(33-22)19(29)25-15-6-9-18(24-11-15)32-16-7-3-13(4-8-16)21(30)31/h2,5-6,9-11,13,16H,3-4,7-8H2,1H3,(H,25,29)(H,26,28)(H,30,31). The number of benzene rings is 1. The highest BCUT2D eigenvalue weighted by molar-refractivity contribution is 6.31. The summed E-state index contributed by atoms with van der Waals surface area (Å²) in [5.41, 5.74) is 2.01. The topological polar surface area (TPSA) is 139 Å². The number of anilines is 3. The van der Waals surface area contributed by atoms with Crippen molar-refractivity contribution in [3.8, 4) is 5.88 Å². The van der Waals surface area contributed by atoms with E-state index in [4.69, 9.17) is 25.9 Å². The number of aryl methyl sites for hydroxylation is 1. The van der Waals surface area contributed by atoms with Crippen molar-refractivity contribution in [3.63, 3.8) is 0 Å². The molecule has 10 nitrogen and oxygen atoms in total. The molecule has 0 unspecified atom stereocenters. The zero-order valence-corrected chi connectivity index (χ0v) is 18.5. The number of rotatable bonds is 7. The second-order valence-electron chi connectivity index (χ2n) is 7.77. The van der Waals surface area contributed by atoms with Crippen molar-refractivity contribution in [1.29, 1.82) is 0 Å². The minimum absolute atomic E-state index is 0.0551. The average molecular weight is 472 g/mol. The summed E-state index contributed by atoms with van der Waals surface area (Å²) in [7, 11) is 0. The molecule has 11 heteroatoms. The van der Waals surface area contributed by atoms with E-state index in [0.717, 1.165) is 5.56 Å². The number of carboxylic acid groups (broad SMARTS) is 1. The van der Waals surface area contributed by atoms with Gasteiger partial charge >= 0.3 is 23.8 Å². The van der Waals surface area contributed by atoms with Gasteiger partial charge in [0.05, 0.1) is 17.8 Å². The normalized spacial score (nSPS) is 17.9. The summed E-state index contributed by atoms with van der Waals surface area (Å²) in [6.07, 6.45) is 3.90. The van der Waals surface area contributed by atoms with Gasteiger partial charge in [0.25, 0.3) is 0 Å². The van der Waals surface area contributed by atoms with Crippen LogP contribution < -0.4 is 15.4 Å². The largest absolute Gasteiger partial charge is 0.481 e. The molecule has 33 heavy (non-hydrogen) atoms. The number of aromatic nitrogens is 3. The van der Waals surface area contributed by atoms with Gasteiger partial charge in [-0.25, -0.2) is 4.98 Å². The number of halogens is 1. The van der Waals surface area contributed by atoms with E-state index in [2.05, 4.69) is 25.8 Å². The monoisotopic (exact) mass is 471 g/mol. The molecule has 4 rings (SSSR count). The van der Waals surface area contributed by atoms with Gasteiger partial charge in [0, 0.05) is 16.8 Å². The molecule has 1 amide bonds. The van der Waals surface area contributed by atoms with Gasteiger partial charge in [-0.2, -0.15) is 0 Å². The van der Waals surface area contributed by atoms with Gasteiger partial charge in [-0.3, -0.25) is 9.59 Å². The zero-order valence-electron chi connectivity index (χ0n) is 17.7. The molecule has 1 aliphatic rings. The maximum absolute atomic E-state index is 12.4. The van der Waals surface area contributed by atoms with Crippen LogP contribution in [0, 0.1) is 12.8 Å². The van der Waals surface area contributed by atoms with Crippen LogP contribution in [-0.2, 0) is 4.79 Å². The molecule has 1 fully saturated rings. The lowest BCUT2D eigenvalue weighted by atomic mass is 9.87. The minimum Gasteiger partial charge on any atom is -0.481 e. The van der Waals surface area contributed by atoms with Crippen molar-refractivity contribution < 1.29 is 23.8 Å². The van der Waals surface area contributed by atoms with Crippen molar-refractivity contribution >= 4 is 40.9 Å². The van der Waals surface area contributed by atoms with E-state index >= 15 is 0 Å². The van der Waals surface area contributed by atoms with Crippen LogP contribution in [0.1, 0.15) is 41.9 Å². The van der Waals surface area contributed by atoms with Crippen molar-refractivity contribution in [2.24, 2.45) is 5.92 Å². The molecule has 0 spiro atoms. The third kappa shape index (κ3) is 5.78. The van der Waals surface area contributed by atoms with Gasteiger partial charge in [-0.05, 0) is 56.4 Å². The highest BCUT2D eigenvalue weighted by Crippen LogP contribution is 2.27. The van der Waals surface area contributed by atoms with Crippen molar-refractivity contribution in [1.82, 2.24) is 15.2 Å². The Kier molecular flexibility index (Phi) is 6.74. The Hall–Kier alpha value is -3.66. The maximum atomic E-state index is 12.4. The lowest BCUT2D eigenvalue weighted by Gasteiger charge is -2.26. The number of carbonyl (C=O) groups is 2. The lowest BCUT2D eigenvalue weighted by molar-refractivity contribution is -0.143. The first kappa shape index (κ1) is 22.5. The fourth-order valence-electron chi connectivity index (χ4n) is 3.47. The SMILES string of the molecule is Cc1ccc(Nc2nnc(C(=O)Nc3ccc(OC4CCC(C(=O)O)CC4)nc3)o2)cc1Cl. The predicted octanol–water partition coefficient (Wildman–Crippen LogP) is 4.44. The van der Waals surface area contributed by atoms with E-state index < -0.39 is 11.9 Å². The summed E-state index contributed by atoms with van der Waals surface area (Å²) >= 11 is 6.10. The number of nitrogens with zero attached hydrogens (tertiary/aromatic N) is 3. The van der Waals surface area contributed by atoms with E-state index in [-0.39, 0.29) is 23.9 Å². The fraction of sp³-hybridized carbons (Fsp3) is 0.318. The van der Waals surface area contributed by atoms with Crippen LogP contribution >= 0.6 is 11.6 Å². The molecule has 2 heterocycles. The third-order valence-corrected chi connectivity index (χ3v) is 5.75. The summed E-state index contributed by atoms with van der Waals surface area (Å²) in [6, 6.07) is 8.70. The van der Waals surface area contributed by atoms with E-state index in [1.165, 1.54) is 6.20 Å². The number of nitrogens with one attached hydrogen (secondary N) is 2. The molecule has 0 bridgehead atoms. The molecule has 3 aromatic rings. The zero-order chi connectivity index (χ0) is 23.4. The summed E-state index contributed by atoms with van der Waals surface area (Å²) in [6.45, 7) is 1.89. The van der Waals surface area contributed by atoms with Gasteiger partial charge in [-0.1, -0.05) is 22.8 Å². The van der Waals surface area contributed by atoms with Crippen molar-refractivity contribution in [2.45, 2.75) is 38.7 Å².